The molecular weight excluding hydrogens is 541 g/mol. The molecule has 41 heavy (non-hydrogen) atoms. The van der Waals surface area contributed by atoms with Gasteiger partial charge in [-0.25, -0.2) is 9.78 Å². The van der Waals surface area contributed by atoms with Gasteiger partial charge in [0.15, 0.2) is 5.82 Å². The number of aromatic amines is 1. The summed E-state index contributed by atoms with van der Waals surface area (Å²) in [4.78, 5) is 42.8. The van der Waals surface area contributed by atoms with Crippen LogP contribution in [-0.2, 0) is 9.59 Å². The fraction of sp³-hybridized carbons (Fsp3) is 0.464. The van der Waals surface area contributed by atoms with E-state index in [1.807, 2.05) is 17.0 Å². The number of carbonyl (C=O) groups is 3. The number of aliphatic carboxylic acids is 1. The zero-order chi connectivity index (χ0) is 30.4. The maximum atomic E-state index is 12.8. The highest BCUT2D eigenvalue weighted by atomic mass is 19.4. The van der Waals surface area contributed by atoms with Crippen molar-refractivity contribution in [3.05, 3.63) is 53.1 Å². The van der Waals surface area contributed by atoms with Crippen molar-refractivity contribution in [2.45, 2.75) is 70.0 Å². The molecule has 1 saturated heterocycles. The van der Waals surface area contributed by atoms with Crippen molar-refractivity contribution >= 4 is 29.0 Å². The molecular formula is C28H33F3N6O4. The number of benzene rings is 1. The Kier molecular flexibility index (Phi) is 9.93. The first kappa shape index (κ1) is 31.3. The molecule has 0 radical (unpaired) electrons. The van der Waals surface area contributed by atoms with Crippen LogP contribution in [-0.4, -0.2) is 62.6 Å². The third kappa shape index (κ3) is 8.40. The van der Waals surface area contributed by atoms with Crippen molar-refractivity contribution in [1.82, 2.24) is 14.9 Å². The lowest BCUT2D eigenvalue weighted by molar-refractivity contribution is -0.192. The smallest absolute Gasteiger partial charge is 0.475 e. The number of H-pyrrole nitrogens is 1. The molecule has 0 bridgehead atoms. The van der Waals surface area contributed by atoms with Crippen LogP contribution in [0.5, 0.6) is 0 Å². The Balaban J connectivity index is 0.000000587. The summed E-state index contributed by atoms with van der Waals surface area (Å²) in [5.41, 5.74) is 9.67. The molecule has 2 aromatic rings. The van der Waals surface area contributed by atoms with Crippen molar-refractivity contribution in [1.29, 1.82) is 5.26 Å². The first-order valence-corrected chi connectivity index (χ1v) is 13.2. The van der Waals surface area contributed by atoms with Crippen molar-refractivity contribution in [2.24, 2.45) is 5.73 Å². The average Bonchev–Trinajstić information content (AvgIpc) is 3.42. The number of alkyl halides is 3. The molecule has 2 amide bonds. The maximum absolute atomic E-state index is 12.8. The Morgan fingerprint density at radius 2 is 1.85 bits per heavy atom. The normalized spacial score (nSPS) is 16.1. The van der Waals surface area contributed by atoms with Gasteiger partial charge in [0.05, 0.1) is 11.7 Å². The summed E-state index contributed by atoms with van der Waals surface area (Å²) in [6, 6.07) is 8.19. The van der Waals surface area contributed by atoms with Crippen LogP contribution in [0, 0.1) is 11.3 Å². The van der Waals surface area contributed by atoms with Crippen LogP contribution in [0.3, 0.4) is 0 Å². The van der Waals surface area contributed by atoms with Crippen LogP contribution >= 0.6 is 0 Å². The first-order chi connectivity index (χ1) is 19.2. The summed E-state index contributed by atoms with van der Waals surface area (Å²) in [7, 11) is 0. The molecule has 1 aliphatic carbocycles. The van der Waals surface area contributed by atoms with E-state index in [0.717, 1.165) is 43.4 Å². The number of amides is 2. The van der Waals surface area contributed by atoms with Gasteiger partial charge < -0.3 is 26.0 Å². The number of hydrogen-bond acceptors (Lipinski definition) is 6. The number of aromatic nitrogens is 2. The van der Waals surface area contributed by atoms with Crippen molar-refractivity contribution in [3.8, 4) is 6.07 Å². The van der Waals surface area contributed by atoms with Gasteiger partial charge in [-0.3, -0.25) is 9.59 Å². The largest absolute Gasteiger partial charge is 0.490 e. The van der Waals surface area contributed by atoms with E-state index in [0.29, 0.717) is 19.0 Å². The topological polar surface area (TPSA) is 165 Å². The number of rotatable bonds is 5. The lowest BCUT2D eigenvalue weighted by atomic mass is 9.85. The molecule has 0 unspecified atom stereocenters. The van der Waals surface area contributed by atoms with Gasteiger partial charge in [0.1, 0.15) is 11.8 Å². The Bertz CT molecular complexity index is 1350. The van der Waals surface area contributed by atoms with Crippen LogP contribution in [0.4, 0.5) is 18.9 Å². The summed E-state index contributed by atoms with van der Waals surface area (Å²) < 4.78 is 31.7. The Morgan fingerprint density at radius 3 is 2.37 bits per heavy atom. The molecule has 1 aromatic heterocycles. The predicted octanol–water partition coefficient (Wildman–Crippen LogP) is 4.57. The summed E-state index contributed by atoms with van der Waals surface area (Å²) in [5, 5.41) is 19.1. The van der Waals surface area contributed by atoms with Crippen LogP contribution in [0.2, 0.25) is 0 Å². The molecule has 2 heterocycles. The summed E-state index contributed by atoms with van der Waals surface area (Å²) in [5.74, 6) is -2.67. The number of piperidine rings is 1. The number of allylic oxidation sites excluding steroid dienone is 2. The summed E-state index contributed by atoms with van der Waals surface area (Å²) >= 11 is 0. The fourth-order valence-electron chi connectivity index (χ4n) is 4.77. The number of nitriles is 1. The number of carboxylic acids is 1. The van der Waals surface area contributed by atoms with Crippen LogP contribution in [0.1, 0.15) is 85.7 Å². The Morgan fingerprint density at radius 1 is 1.20 bits per heavy atom. The molecule has 10 nitrogen and oxygen atoms in total. The zero-order valence-corrected chi connectivity index (χ0v) is 22.8. The highest BCUT2D eigenvalue weighted by Gasteiger charge is 2.38. The number of carbonyl (C=O) groups excluding carboxylic acids is 2. The number of nitrogens with one attached hydrogen (secondary N) is 2. The number of imidazole rings is 1. The SMILES string of the molecule is CC(C)(N)C(=O)N1CCC(c2ccc(NC(=O)c3ncc(C#N)[nH]3)c(C3=CCCCC3)c2)CC1.O=C(O)C(F)(F)F. The minimum absolute atomic E-state index is 0.00505. The van der Waals surface area contributed by atoms with E-state index >= 15 is 0 Å². The molecule has 0 saturated carbocycles. The van der Waals surface area contributed by atoms with E-state index in [4.69, 9.17) is 20.9 Å². The van der Waals surface area contributed by atoms with E-state index in [1.54, 1.807) is 13.8 Å². The lowest BCUT2D eigenvalue weighted by Crippen LogP contribution is -2.53. The van der Waals surface area contributed by atoms with Gasteiger partial charge >= 0.3 is 12.1 Å². The molecule has 13 heteroatoms. The second kappa shape index (κ2) is 13.0. The van der Waals surface area contributed by atoms with E-state index < -0.39 is 17.7 Å². The molecule has 4 rings (SSSR count). The number of nitrogens with two attached hydrogens (primary N) is 1. The number of hydrogen-bond donors (Lipinski definition) is 4. The number of carboxylic acid groups (broad SMARTS) is 1. The molecule has 1 fully saturated rings. The van der Waals surface area contributed by atoms with Gasteiger partial charge in [-0.1, -0.05) is 12.1 Å². The molecule has 1 aliphatic heterocycles. The Hall–Kier alpha value is -4.18. The van der Waals surface area contributed by atoms with Gasteiger partial charge in [-0.05, 0) is 81.6 Å². The number of halogens is 3. The lowest BCUT2D eigenvalue weighted by Gasteiger charge is -2.36. The second-order valence-corrected chi connectivity index (χ2v) is 10.6. The third-order valence-corrected chi connectivity index (χ3v) is 6.89. The molecule has 220 valence electrons. The van der Waals surface area contributed by atoms with Crippen LogP contribution in [0.25, 0.3) is 5.57 Å². The minimum Gasteiger partial charge on any atom is -0.475 e. The van der Waals surface area contributed by atoms with E-state index in [2.05, 4.69) is 33.5 Å². The van der Waals surface area contributed by atoms with Crippen molar-refractivity contribution in [3.63, 3.8) is 0 Å². The number of nitrogens with zero attached hydrogens (tertiary/aromatic N) is 3. The average molecular weight is 575 g/mol. The Labute approximate surface area is 235 Å². The zero-order valence-electron chi connectivity index (χ0n) is 22.8. The molecule has 0 atom stereocenters. The summed E-state index contributed by atoms with van der Waals surface area (Å²) in [6.45, 7) is 4.89. The number of likely N-dealkylation sites (tertiary alicyclic amines) is 1. The van der Waals surface area contributed by atoms with E-state index in [-0.39, 0.29) is 23.3 Å². The monoisotopic (exact) mass is 574 g/mol. The highest BCUT2D eigenvalue weighted by Crippen LogP contribution is 2.36. The van der Waals surface area contributed by atoms with Crippen LogP contribution in [0.15, 0.2) is 30.5 Å². The van der Waals surface area contributed by atoms with Crippen LogP contribution < -0.4 is 11.1 Å². The van der Waals surface area contributed by atoms with Gasteiger partial charge in [-0.15, -0.1) is 0 Å². The highest BCUT2D eigenvalue weighted by molar-refractivity contribution is 6.03. The van der Waals surface area contributed by atoms with Gasteiger partial charge in [-0.2, -0.15) is 18.4 Å². The molecule has 5 N–H and O–H groups in total. The second-order valence-electron chi connectivity index (χ2n) is 10.6. The van der Waals surface area contributed by atoms with Gasteiger partial charge in [0.25, 0.3) is 5.91 Å². The van der Waals surface area contributed by atoms with Gasteiger partial charge in [0.2, 0.25) is 5.91 Å². The third-order valence-electron chi connectivity index (χ3n) is 6.89. The number of anilines is 1. The van der Waals surface area contributed by atoms with E-state index in [1.165, 1.54) is 23.8 Å². The van der Waals surface area contributed by atoms with E-state index in [9.17, 15) is 22.8 Å². The molecule has 1 aromatic carbocycles. The summed E-state index contributed by atoms with van der Waals surface area (Å²) in [6.07, 6.45) is 4.62. The quantitative estimate of drug-likeness (QED) is 0.406. The van der Waals surface area contributed by atoms with Gasteiger partial charge in [0, 0.05) is 24.3 Å². The fourth-order valence-corrected chi connectivity index (χ4v) is 4.77. The first-order valence-electron chi connectivity index (χ1n) is 13.2. The molecule has 2 aliphatic rings. The maximum Gasteiger partial charge on any atom is 0.490 e. The predicted molar refractivity (Wildman–Crippen MR) is 145 cm³/mol. The standard InChI is InChI=1S/C26H32N6O2.C2HF3O2/c1-26(2,28)25(34)32-12-10-17(11-13-32)19-8-9-22(21(14-19)18-6-4-3-5-7-18)31-24(33)23-29-16-20(15-27)30-23;3-2(4,5)1(6)7/h6,8-9,14,16-17H,3-5,7,10-13,28H2,1-2H3,(H,29,30)(H,31,33);(H,6,7). The minimum atomic E-state index is -5.08. The van der Waals surface area contributed by atoms with Crippen molar-refractivity contribution in [2.75, 3.05) is 18.4 Å². The molecule has 0 spiro atoms. The van der Waals surface area contributed by atoms with Crippen molar-refractivity contribution < 1.29 is 32.7 Å².